The number of hydrogen-bond acceptors (Lipinski definition) is 3. The minimum atomic E-state index is -0.0372. The summed E-state index contributed by atoms with van der Waals surface area (Å²) in [7, 11) is 1.83. The summed E-state index contributed by atoms with van der Waals surface area (Å²) in [6.07, 6.45) is 0.766. The highest BCUT2D eigenvalue weighted by Crippen LogP contribution is 2.23. The van der Waals surface area contributed by atoms with Crippen LogP contribution in [-0.4, -0.2) is 31.1 Å². The Kier molecular flexibility index (Phi) is 4.12. The SMILES string of the molecule is CC(CO)N(C)c1ccc(Cl)cc1C=O. The second-order valence-corrected chi connectivity index (χ2v) is 3.90. The van der Waals surface area contributed by atoms with Crippen LogP contribution in [-0.2, 0) is 0 Å². The zero-order valence-electron chi connectivity index (χ0n) is 8.77. The van der Waals surface area contributed by atoms with E-state index >= 15 is 0 Å². The fourth-order valence-corrected chi connectivity index (χ4v) is 1.48. The highest BCUT2D eigenvalue weighted by atomic mass is 35.5. The van der Waals surface area contributed by atoms with Gasteiger partial charge in [-0.2, -0.15) is 0 Å². The first-order chi connectivity index (χ1) is 7.10. The zero-order valence-corrected chi connectivity index (χ0v) is 9.53. The minimum absolute atomic E-state index is 0.0372. The number of likely N-dealkylation sites (N-methyl/N-ethyl adjacent to an activating group) is 1. The maximum Gasteiger partial charge on any atom is 0.152 e. The smallest absolute Gasteiger partial charge is 0.152 e. The lowest BCUT2D eigenvalue weighted by Crippen LogP contribution is -2.32. The molecule has 0 fully saturated rings. The van der Waals surface area contributed by atoms with Crippen molar-refractivity contribution in [3.05, 3.63) is 28.8 Å². The number of aliphatic hydroxyl groups excluding tert-OH is 1. The molecule has 1 rings (SSSR count). The lowest BCUT2D eigenvalue weighted by molar-refractivity contribution is 0.112. The standard InChI is InChI=1S/C11H14ClNO2/c1-8(6-14)13(2)11-4-3-10(12)5-9(11)7-15/h3-5,7-8,14H,6H2,1-2H3. The van der Waals surface area contributed by atoms with E-state index in [0.29, 0.717) is 10.6 Å². The molecule has 3 nitrogen and oxygen atoms in total. The first kappa shape index (κ1) is 12.0. The number of halogens is 1. The molecule has 1 aromatic rings. The summed E-state index contributed by atoms with van der Waals surface area (Å²) in [4.78, 5) is 12.7. The predicted octanol–water partition coefficient (Wildman–Crippen LogP) is 1.97. The summed E-state index contributed by atoms with van der Waals surface area (Å²) in [6, 6.07) is 5.08. The lowest BCUT2D eigenvalue weighted by Gasteiger charge is -2.26. The van der Waals surface area contributed by atoms with Gasteiger partial charge in [0.15, 0.2) is 6.29 Å². The Morgan fingerprint density at radius 1 is 1.60 bits per heavy atom. The molecule has 1 N–H and O–H groups in total. The zero-order chi connectivity index (χ0) is 11.4. The number of aliphatic hydroxyl groups is 1. The third-order valence-electron chi connectivity index (χ3n) is 2.42. The molecule has 0 heterocycles. The predicted molar refractivity (Wildman–Crippen MR) is 61.8 cm³/mol. The van der Waals surface area contributed by atoms with Gasteiger partial charge in [-0.25, -0.2) is 0 Å². The molecule has 0 radical (unpaired) electrons. The van der Waals surface area contributed by atoms with Crippen molar-refractivity contribution >= 4 is 23.6 Å². The van der Waals surface area contributed by atoms with Gasteiger partial charge in [0.1, 0.15) is 0 Å². The molecule has 1 aromatic carbocycles. The van der Waals surface area contributed by atoms with Gasteiger partial charge < -0.3 is 10.0 Å². The van der Waals surface area contributed by atoms with Gasteiger partial charge in [0.25, 0.3) is 0 Å². The van der Waals surface area contributed by atoms with Crippen molar-refractivity contribution < 1.29 is 9.90 Å². The first-order valence-electron chi connectivity index (χ1n) is 4.68. The van der Waals surface area contributed by atoms with Crippen molar-refractivity contribution in [2.24, 2.45) is 0 Å². The van der Waals surface area contributed by atoms with Crippen molar-refractivity contribution in [1.29, 1.82) is 0 Å². The quantitative estimate of drug-likeness (QED) is 0.800. The van der Waals surface area contributed by atoms with Crippen LogP contribution in [0.3, 0.4) is 0 Å². The van der Waals surface area contributed by atoms with Crippen molar-refractivity contribution in [2.45, 2.75) is 13.0 Å². The maximum absolute atomic E-state index is 10.8. The molecule has 0 saturated heterocycles. The number of carbonyl (C=O) groups is 1. The number of anilines is 1. The second kappa shape index (κ2) is 5.14. The van der Waals surface area contributed by atoms with Gasteiger partial charge in [0.05, 0.1) is 6.61 Å². The van der Waals surface area contributed by atoms with E-state index in [1.807, 2.05) is 18.9 Å². The van der Waals surface area contributed by atoms with E-state index in [2.05, 4.69) is 0 Å². The molecular weight excluding hydrogens is 214 g/mol. The number of hydrogen-bond donors (Lipinski definition) is 1. The van der Waals surface area contributed by atoms with Crippen LogP contribution in [0.4, 0.5) is 5.69 Å². The minimum Gasteiger partial charge on any atom is -0.394 e. The highest BCUT2D eigenvalue weighted by molar-refractivity contribution is 6.31. The van der Waals surface area contributed by atoms with Gasteiger partial charge in [-0.1, -0.05) is 11.6 Å². The van der Waals surface area contributed by atoms with Crippen molar-refractivity contribution in [3.8, 4) is 0 Å². The van der Waals surface area contributed by atoms with Crippen LogP contribution in [0.5, 0.6) is 0 Å². The van der Waals surface area contributed by atoms with E-state index in [1.165, 1.54) is 0 Å². The van der Waals surface area contributed by atoms with Gasteiger partial charge in [-0.05, 0) is 25.1 Å². The number of rotatable bonds is 4. The van der Waals surface area contributed by atoms with Gasteiger partial charge in [0.2, 0.25) is 0 Å². The average molecular weight is 228 g/mol. The monoisotopic (exact) mass is 227 g/mol. The molecule has 0 aliphatic heterocycles. The molecule has 15 heavy (non-hydrogen) atoms. The molecule has 82 valence electrons. The molecule has 1 unspecified atom stereocenters. The first-order valence-corrected chi connectivity index (χ1v) is 5.06. The molecule has 0 bridgehead atoms. The lowest BCUT2D eigenvalue weighted by atomic mass is 10.1. The number of aldehydes is 1. The fourth-order valence-electron chi connectivity index (χ4n) is 1.30. The summed E-state index contributed by atoms with van der Waals surface area (Å²) >= 11 is 5.79. The highest BCUT2D eigenvalue weighted by Gasteiger charge is 2.12. The molecule has 0 aliphatic carbocycles. The van der Waals surface area contributed by atoms with Crippen LogP contribution in [0.2, 0.25) is 5.02 Å². The van der Waals surface area contributed by atoms with Gasteiger partial charge >= 0.3 is 0 Å². The Hall–Kier alpha value is -1.06. The van der Waals surface area contributed by atoms with Crippen molar-refractivity contribution in [1.82, 2.24) is 0 Å². The van der Waals surface area contributed by atoms with Crippen LogP contribution in [0.1, 0.15) is 17.3 Å². The van der Waals surface area contributed by atoms with Crippen LogP contribution in [0, 0.1) is 0 Å². The molecule has 0 aliphatic rings. The Balaban J connectivity index is 3.07. The molecule has 0 aromatic heterocycles. The van der Waals surface area contributed by atoms with E-state index in [0.717, 1.165) is 12.0 Å². The number of nitrogens with zero attached hydrogens (tertiary/aromatic N) is 1. The Bertz CT molecular complexity index is 354. The summed E-state index contributed by atoms with van der Waals surface area (Å²) in [5, 5.41) is 9.56. The van der Waals surface area contributed by atoms with Crippen LogP contribution in [0.25, 0.3) is 0 Å². The Labute approximate surface area is 94.3 Å². The number of carbonyl (C=O) groups excluding carboxylic acids is 1. The van der Waals surface area contributed by atoms with Crippen molar-refractivity contribution in [2.75, 3.05) is 18.6 Å². The normalized spacial score (nSPS) is 12.3. The van der Waals surface area contributed by atoms with E-state index in [1.54, 1.807) is 18.2 Å². The third-order valence-corrected chi connectivity index (χ3v) is 2.66. The molecule has 4 heteroatoms. The topological polar surface area (TPSA) is 40.5 Å². The summed E-state index contributed by atoms with van der Waals surface area (Å²) in [5.41, 5.74) is 1.31. The van der Waals surface area contributed by atoms with Crippen molar-refractivity contribution in [3.63, 3.8) is 0 Å². The molecular formula is C11H14ClNO2. The van der Waals surface area contributed by atoms with E-state index in [4.69, 9.17) is 16.7 Å². The van der Waals surface area contributed by atoms with E-state index in [9.17, 15) is 4.79 Å². The third kappa shape index (κ3) is 2.70. The Morgan fingerprint density at radius 2 is 2.27 bits per heavy atom. The summed E-state index contributed by atoms with van der Waals surface area (Å²) in [6.45, 7) is 1.92. The van der Waals surface area contributed by atoms with Gasteiger partial charge in [-0.15, -0.1) is 0 Å². The Morgan fingerprint density at radius 3 is 2.80 bits per heavy atom. The van der Waals surface area contributed by atoms with E-state index < -0.39 is 0 Å². The molecule has 1 atom stereocenters. The largest absolute Gasteiger partial charge is 0.394 e. The van der Waals surface area contributed by atoms with E-state index in [-0.39, 0.29) is 12.6 Å². The van der Waals surface area contributed by atoms with Gasteiger partial charge in [-0.3, -0.25) is 4.79 Å². The van der Waals surface area contributed by atoms with Crippen LogP contribution < -0.4 is 4.90 Å². The average Bonchev–Trinajstić information content (AvgIpc) is 2.26. The summed E-state index contributed by atoms with van der Waals surface area (Å²) < 4.78 is 0. The van der Waals surface area contributed by atoms with Crippen LogP contribution in [0.15, 0.2) is 18.2 Å². The maximum atomic E-state index is 10.8. The summed E-state index contributed by atoms with van der Waals surface area (Å²) in [5.74, 6) is 0. The number of benzene rings is 1. The van der Waals surface area contributed by atoms with Gasteiger partial charge in [0, 0.05) is 29.4 Å². The second-order valence-electron chi connectivity index (χ2n) is 3.46. The fraction of sp³-hybridized carbons (Fsp3) is 0.364. The molecule has 0 amide bonds. The molecule has 0 saturated carbocycles. The molecule has 0 spiro atoms. The van der Waals surface area contributed by atoms with Crippen LogP contribution >= 0.6 is 11.6 Å².